The molecule has 4 nitrogen and oxygen atoms in total. The Balaban J connectivity index is 3.82. The molecule has 0 bridgehead atoms. The first-order chi connectivity index (χ1) is 7.26. The van der Waals surface area contributed by atoms with E-state index in [1.807, 2.05) is 20.9 Å². The van der Waals surface area contributed by atoms with Gasteiger partial charge in [-0.25, -0.2) is 0 Å². The smallest absolute Gasteiger partial charge is 0.0900 e. The van der Waals surface area contributed by atoms with Crippen LogP contribution in [-0.4, -0.2) is 55.5 Å². The minimum absolute atomic E-state index is 0.0906. The predicted molar refractivity (Wildman–Crippen MR) is 67.4 cm³/mol. The number of aliphatic hydroxyl groups is 1. The molecule has 1 unspecified atom stereocenters. The molecule has 0 spiro atoms. The van der Waals surface area contributed by atoms with Crippen LogP contribution < -0.4 is 5.73 Å². The van der Waals surface area contributed by atoms with Crippen LogP contribution in [0.2, 0.25) is 0 Å². The van der Waals surface area contributed by atoms with Crippen LogP contribution in [0.5, 0.6) is 0 Å². The molecule has 0 radical (unpaired) electrons. The Morgan fingerprint density at radius 2 is 1.94 bits per heavy atom. The van der Waals surface area contributed by atoms with Crippen molar-refractivity contribution in [2.75, 3.05) is 33.3 Å². The van der Waals surface area contributed by atoms with Crippen LogP contribution in [-0.2, 0) is 4.74 Å². The van der Waals surface area contributed by atoms with E-state index < -0.39 is 6.10 Å². The van der Waals surface area contributed by atoms with Gasteiger partial charge < -0.3 is 20.5 Å². The van der Waals surface area contributed by atoms with E-state index in [2.05, 4.69) is 18.7 Å². The topological polar surface area (TPSA) is 58.7 Å². The highest BCUT2D eigenvalue weighted by Crippen LogP contribution is 2.13. The van der Waals surface area contributed by atoms with E-state index in [-0.39, 0.29) is 11.5 Å². The second-order valence-corrected chi connectivity index (χ2v) is 5.60. The van der Waals surface area contributed by atoms with Gasteiger partial charge in [-0.15, -0.1) is 0 Å². The Morgan fingerprint density at radius 1 is 1.38 bits per heavy atom. The van der Waals surface area contributed by atoms with Crippen LogP contribution in [0.15, 0.2) is 0 Å². The standard InChI is InChI=1S/C12H28N2O2/c1-10(2)16-7-11(15)6-14(5)9-12(3,4)8-13/h10-11,15H,6-9,13H2,1-5H3. The molecule has 0 aliphatic carbocycles. The molecule has 0 saturated carbocycles. The maximum atomic E-state index is 9.74. The van der Waals surface area contributed by atoms with Crippen molar-refractivity contribution in [1.82, 2.24) is 4.90 Å². The first kappa shape index (κ1) is 15.8. The van der Waals surface area contributed by atoms with Crippen LogP contribution >= 0.6 is 0 Å². The van der Waals surface area contributed by atoms with E-state index in [9.17, 15) is 5.11 Å². The fourth-order valence-electron chi connectivity index (χ4n) is 1.58. The van der Waals surface area contributed by atoms with Gasteiger partial charge in [-0.1, -0.05) is 13.8 Å². The number of nitrogens with zero attached hydrogens (tertiary/aromatic N) is 1. The van der Waals surface area contributed by atoms with Gasteiger partial charge in [0.05, 0.1) is 18.8 Å². The molecule has 0 rings (SSSR count). The van der Waals surface area contributed by atoms with Gasteiger partial charge in [0.1, 0.15) is 0 Å². The molecule has 98 valence electrons. The molecule has 3 N–H and O–H groups in total. The minimum Gasteiger partial charge on any atom is -0.389 e. The zero-order valence-electron chi connectivity index (χ0n) is 11.4. The molecule has 4 heteroatoms. The van der Waals surface area contributed by atoms with Gasteiger partial charge in [0.2, 0.25) is 0 Å². The van der Waals surface area contributed by atoms with E-state index in [1.54, 1.807) is 0 Å². The molecule has 0 saturated heterocycles. The first-order valence-electron chi connectivity index (χ1n) is 5.95. The summed E-state index contributed by atoms with van der Waals surface area (Å²) in [6.45, 7) is 10.7. The SMILES string of the molecule is CC(C)OCC(O)CN(C)CC(C)(C)CN. The summed E-state index contributed by atoms with van der Waals surface area (Å²) in [5, 5.41) is 9.74. The molecule has 0 aliphatic heterocycles. The molecule has 0 fully saturated rings. The number of likely N-dealkylation sites (N-methyl/N-ethyl adjacent to an activating group) is 1. The molecule has 16 heavy (non-hydrogen) atoms. The highest BCUT2D eigenvalue weighted by atomic mass is 16.5. The minimum atomic E-state index is -0.430. The average molecular weight is 232 g/mol. The summed E-state index contributed by atoms with van der Waals surface area (Å²) in [7, 11) is 2.00. The molecule has 0 aromatic rings. The van der Waals surface area contributed by atoms with Gasteiger partial charge in [0, 0.05) is 13.1 Å². The normalized spacial score (nSPS) is 14.8. The highest BCUT2D eigenvalue weighted by molar-refractivity contribution is 4.74. The van der Waals surface area contributed by atoms with Crippen LogP contribution in [0.3, 0.4) is 0 Å². The van der Waals surface area contributed by atoms with Crippen molar-refractivity contribution in [2.45, 2.75) is 39.9 Å². The Kier molecular flexibility index (Phi) is 7.15. The quantitative estimate of drug-likeness (QED) is 0.646. The first-order valence-corrected chi connectivity index (χ1v) is 5.95. The van der Waals surface area contributed by atoms with E-state index in [0.717, 1.165) is 6.54 Å². The summed E-state index contributed by atoms with van der Waals surface area (Å²) in [6, 6.07) is 0. The van der Waals surface area contributed by atoms with E-state index in [4.69, 9.17) is 10.5 Å². The number of hydrogen-bond acceptors (Lipinski definition) is 4. The predicted octanol–water partition coefficient (Wildman–Crippen LogP) is 0.689. The van der Waals surface area contributed by atoms with E-state index >= 15 is 0 Å². The van der Waals surface area contributed by atoms with Gasteiger partial charge >= 0.3 is 0 Å². The summed E-state index contributed by atoms with van der Waals surface area (Å²) >= 11 is 0. The molecular weight excluding hydrogens is 204 g/mol. The third-order valence-electron chi connectivity index (χ3n) is 2.39. The largest absolute Gasteiger partial charge is 0.389 e. The lowest BCUT2D eigenvalue weighted by Crippen LogP contribution is -2.41. The van der Waals surface area contributed by atoms with E-state index in [0.29, 0.717) is 19.7 Å². The molecule has 0 aliphatic rings. The summed E-state index contributed by atoms with van der Waals surface area (Å²) < 4.78 is 5.36. The van der Waals surface area contributed by atoms with Crippen LogP contribution in [0.1, 0.15) is 27.7 Å². The summed E-state index contributed by atoms with van der Waals surface area (Å²) in [5.41, 5.74) is 5.76. The Labute approximate surface area is 99.8 Å². The lowest BCUT2D eigenvalue weighted by atomic mass is 9.93. The lowest BCUT2D eigenvalue weighted by molar-refractivity contribution is -0.00860. The van der Waals surface area contributed by atoms with E-state index in [1.165, 1.54) is 0 Å². The number of ether oxygens (including phenoxy) is 1. The molecule has 0 amide bonds. The average Bonchev–Trinajstić information content (AvgIpc) is 2.13. The van der Waals surface area contributed by atoms with Crippen molar-refractivity contribution in [3.8, 4) is 0 Å². The fraction of sp³-hybridized carbons (Fsp3) is 1.00. The number of hydrogen-bond donors (Lipinski definition) is 2. The van der Waals surface area contributed by atoms with Gasteiger partial charge in [0.25, 0.3) is 0 Å². The second-order valence-electron chi connectivity index (χ2n) is 5.60. The number of rotatable bonds is 8. The molecule has 0 heterocycles. The fourth-order valence-corrected chi connectivity index (χ4v) is 1.58. The lowest BCUT2D eigenvalue weighted by Gasteiger charge is -2.30. The third-order valence-corrected chi connectivity index (χ3v) is 2.39. The number of aliphatic hydroxyl groups excluding tert-OH is 1. The maximum Gasteiger partial charge on any atom is 0.0900 e. The van der Waals surface area contributed by atoms with Crippen LogP contribution in [0.25, 0.3) is 0 Å². The van der Waals surface area contributed by atoms with Gasteiger partial charge in [-0.05, 0) is 32.9 Å². The highest BCUT2D eigenvalue weighted by Gasteiger charge is 2.19. The second kappa shape index (κ2) is 7.22. The summed E-state index contributed by atoms with van der Waals surface area (Å²) in [6.07, 6.45) is -0.263. The third kappa shape index (κ3) is 8.05. The Bertz CT molecular complexity index is 184. The van der Waals surface area contributed by atoms with Gasteiger partial charge in [-0.3, -0.25) is 0 Å². The van der Waals surface area contributed by atoms with Crippen molar-refractivity contribution in [1.29, 1.82) is 0 Å². The molecular formula is C12H28N2O2. The Morgan fingerprint density at radius 3 is 2.38 bits per heavy atom. The zero-order chi connectivity index (χ0) is 12.8. The molecule has 0 aromatic carbocycles. The molecule has 1 atom stereocenters. The zero-order valence-corrected chi connectivity index (χ0v) is 11.4. The van der Waals surface area contributed by atoms with Crippen molar-refractivity contribution in [3.63, 3.8) is 0 Å². The van der Waals surface area contributed by atoms with Crippen LogP contribution in [0, 0.1) is 5.41 Å². The van der Waals surface area contributed by atoms with Gasteiger partial charge in [-0.2, -0.15) is 0 Å². The van der Waals surface area contributed by atoms with Crippen LogP contribution in [0.4, 0.5) is 0 Å². The van der Waals surface area contributed by atoms with Crippen molar-refractivity contribution in [2.24, 2.45) is 11.1 Å². The van der Waals surface area contributed by atoms with Crippen molar-refractivity contribution in [3.05, 3.63) is 0 Å². The maximum absolute atomic E-state index is 9.74. The summed E-state index contributed by atoms with van der Waals surface area (Å²) in [5.74, 6) is 0. The van der Waals surface area contributed by atoms with Gasteiger partial charge in [0.15, 0.2) is 0 Å². The number of nitrogens with two attached hydrogens (primary N) is 1. The summed E-state index contributed by atoms with van der Waals surface area (Å²) in [4.78, 5) is 2.10. The van der Waals surface area contributed by atoms with Crippen molar-refractivity contribution >= 4 is 0 Å². The van der Waals surface area contributed by atoms with Crippen molar-refractivity contribution < 1.29 is 9.84 Å². The monoisotopic (exact) mass is 232 g/mol. The Hall–Kier alpha value is -0.160. The molecule has 0 aromatic heterocycles.